The minimum Gasteiger partial charge on any atom is -0.510 e. The van der Waals surface area contributed by atoms with E-state index in [0.717, 1.165) is 17.1 Å². The van der Waals surface area contributed by atoms with Gasteiger partial charge in [-0.3, -0.25) is 4.57 Å². The molecule has 0 aliphatic heterocycles. The molecule has 3 aromatic carbocycles. The maximum Gasteiger partial charge on any atom is 4.00 e. The van der Waals surface area contributed by atoms with E-state index in [1.54, 1.807) is 0 Å². The van der Waals surface area contributed by atoms with Gasteiger partial charge < -0.3 is 18.4 Å². The maximum atomic E-state index is 6.02. The fraction of sp³-hybridized carbons (Fsp3) is 0.0400. The van der Waals surface area contributed by atoms with Gasteiger partial charge in [-0.15, -0.1) is 24.3 Å². The predicted octanol–water partition coefficient (Wildman–Crippen LogP) is 3.36. The molecule has 2 aromatic heterocycles. The number of para-hydroxylation sites is 1. The number of rotatable bonds is 5. The van der Waals surface area contributed by atoms with E-state index in [9.17, 15) is 0 Å². The van der Waals surface area contributed by atoms with Gasteiger partial charge in [0.2, 0.25) is 6.33 Å². The van der Waals surface area contributed by atoms with Crippen molar-refractivity contribution in [1.82, 2.24) is 9.13 Å². The number of aromatic nitrogens is 4. The van der Waals surface area contributed by atoms with Crippen LogP contribution in [0.4, 0.5) is 0 Å². The van der Waals surface area contributed by atoms with Crippen LogP contribution in [0.2, 0.25) is 0 Å². The zero-order valence-corrected chi connectivity index (χ0v) is 18.9. The molecular formula is C25H18N4OPt+2. The molecule has 6 heteroatoms. The summed E-state index contributed by atoms with van der Waals surface area (Å²) in [6.45, 7) is 0. The molecule has 0 radical (unpaired) electrons. The number of imidazole rings is 2. The molecule has 5 nitrogen and oxygen atoms in total. The van der Waals surface area contributed by atoms with Crippen LogP contribution < -0.4 is 13.9 Å². The Hall–Kier alpha value is -3.43. The maximum absolute atomic E-state index is 6.02. The molecule has 5 rings (SSSR count). The summed E-state index contributed by atoms with van der Waals surface area (Å²) in [4.78, 5) is 0. The molecule has 0 fully saturated rings. The molecule has 0 aliphatic rings. The summed E-state index contributed by atoms with van der Waals surface area (Å²) in [7, 11) is 1.93. The number of benzene rings is 3. The van der Waals surface area contributed by atoms with Crippen LogP contribution in [0.25, 0.3) is 17.1 Å². The summed E-state index contributed by atoms with van der Waals surface area (Å²) in [5.74, 6) is 1.22. The van der Waals surface area contributed by atoms with Crippen molar-refractivity contribution in [2.45, 2.75) is 0 Å². The number of aryl methyl sites for hydroxylation is 1. The van der Waals surface area contributed by atoms with Crippen LogP contribution in [0.15, 0.2) is 91.5 Å². The molecule has 0 atom stereocenters. The van der Waals surface area contributed by atoms with E-state index >= 15 is 0 Å². The van der Waals surface area contributed by atoms with Crippen molar-refractivity contribution in [1.29, 1.82) is 0 Å². The molecule has 0 aliphatic carbocycles. The van der Waals surface area contributed by atoms with Crippen LogP contribution in [-0.4, -0.2) is 9.13 Å². The quantitative estimate of drug-likeness (QED) is 0.230. The molecular weight excluding hydrogens is 567 g/mol. The van der Waals surface area contributed by atoms with Crippen LogP contribution in [0.3, 0.4) is 0 Å². The predicted molar refractivity (Wildman–Crippen MR) is 110 cm³/mol. The van der Waals surface area contributed by atoms with E-state index in [1.165, 1.54) is 0 Å². The van der Waals surface area contributed by atoms with Crippen molar-refractivity contribution in [2.24, 2.45) is 7.05 Å². The van der Waals surface area contributed by atoms with E-state index in [-0.39, 0.29) is 21.1 Å². The molecule has 0 spiro atoms. The van der Waals surface area contributed by atoms with Crippen molar-refractivity contribution >= 4 is 0 Å². The van der Waals surface area contributed by atoms with Crippen LogP contribution >= 0.6 is 0 Å². The number of ether oxygens (including phenoxy) is 1. The second kappa shape index (κ2) is 9.15. The van der Waals surface area contributed by atoms with E-state index in [1.807, 2.05) is 117 Å². The first-order chi connectivity index (χ1) is 14.7. The fourth-order valence-electron chi connectivity index (χ4n) is 3.11. The monoisotopic (exact) mass is 585 g/mol. The Bertz CT molecular complexity index is 1290. The molecule has 31 heavy (non-hydrogen) atoms. The zero-order chi connectivity index (χ0) is 20.3. The standard InChI is InChI=1S/C25H18N4O.Pt/c1-26-13-14-27(19-26)22-9-5-11-24(17-22)30-25-12-6-10-23(18-25)29-16-15-28(20-29)21-7-3-2-4-8-21;/h2-16H,1H3;/q-2;+4. The van der Waals surface area contributed by atoms with Crippen LogP contribution in [-0.2, 0) is 28.1 Å². The van der Waals surface area contributed by atoms with Crippen molar-refractivity contribution in [2.75, 3.05) is 0 Å². The largest absolute Gasteiger partial charge is 4.00 e. The van der Waals surface area contributed by atoms with Gasteiger partial charge in [-0.05, 0) is 17.8 Å². The van der Waals surface area contributed by atoms with Crippen LogP contribution in [0, 0.1) is 24.8 Å². The molecule has 0 N–H and O–H groups in total. The normalized spacial score (nSPS) is 10.5. The Morgan fingerprint density at radius 1 is 0.710 bits per heavy atom. The second-order valence-electron chi connectivity index (χ2n) is 6.76. The van der Waals surface area contributed by atoms with Gasteiger partial charge in [0, 0.05) is 36.3 Å². The van der Waals surface area contributed by atoms with Crippen molar-refractivity contribution in [3.8, 4) is 28.6 Å². The third-order valence-electron chi connectivity index (χ3n) is 4.56. The Labute approximate surface area is 195 Å². The molecule has 152 valence electrons. The molecule has 0 bridgehead atoms. The van der Waals surface area contributed by atoms with Crippen molar-refractivity contribution in [3.05, 3.63) is 116 Å². The topological polar surface area (TPSA) is 26.8 Å². The van der Waals surface area contributed by atoms with Crippen LogP contribution in [0.5, 0.6) is 11.5 Å². The Morgan fingerprint density at radius 3 is 1.94 bits per heavy atom. The number of nitrogens with zero attached hydrogens (tertiary/aromatic N) is 4. The molecule has 2 heterocycles. The summed E-state index contributed by atoms with van der Waals surface area (Å²) in [5, 5.41) is 0. The van der Waals surface area contributed by atoms with Gasteiger partial charge in [0.1, 0.15) is 0 Å². The fourth-order valence-corrected chi connectivity index (χ4v) is 3.11. The van der Waals surface area contributed by atoms with Gasteiger partial charge in [0.15, 0.2) is 0 Å². The molecule has 5 aromatic rings. The Kier molecular flexibility index (Phi) is 6.15. The minimum absolute atomic E-state index is 0. The third kappa shape index (κ3) is 4.68. The number of hydrogen-bond donors (Lipinski definition) is 0. The molecule has 0 saturated carbocycles. The first kappa shape index (κ1) is 20.8. The van der Waals surface area contributed by atoms with E-state index in [0.29, 0.717) is 11.5 Å². The van der Waals surface area contributed by atoms with E-state index < -0.39 is 0 Å². The van der Waals surface area contributed by atoms with Gasteiger partial charge in [-0.25, -0.2) is 0 Å². The molecule has 0 unspecified atom stereocenters. The SMILES string of the molecule is C[n+]1[c-]n(-c2[c-]c(Oc3[c-]c(-n4[c-][n+](-c5ccccc5)cc4)ccc3)ccc2)cc1.[Pt+4]. The Morgan fingerprint density at radius 2 is 1.32 bits per heavy atom. The van der Waals surface area contributed by atoms with Gasteiger partial charge in [0.25, 0.3) is 6.33 Å². The average molecular weight is 586 g/mol. The van der Waals surface area contributed by atoms with Gasteiger partial charge >= 0.3 is 21.1 Å². The summed E-state index contributed by atoms with van der Waals surface area (Å²) in [6.07, 6.45) is 14.2. The smallest absolute Gasteiger partial charge is 0.510 e. The first-order valence-corrected chi connectivity index (χ1v) is 9.52. The molecule has 0 saturated heterocycles. The van der Waals surface area contributed by atoms with E-state index in [2.05, 4.69) is 24.8 Å². The summed E-state index contributed by atoms with van der Waals surface area (Å²) >= 11 is 0. The average Bonchev–Trinajstić information content (AvgIpc) is 3.44. The van der Waals surface area contributed by atoms with Crippen molar-refractivity contribution < 1.29 is 34.9 Å². The van der Waals surface area contributed by atoms with Gasteiger partial charge in [-0.1, -0.05) is 23.9 Å². The van der Waals surface area contributed by atoms with Crippen LogP contribution in [0.1, 0.15) is 0 Å². The number of hydrogen-bond acceptors (Lipinski definition) is 1. The zero-order valence-electron chi connectivity index (χ0n) is 16.7. The van der Waals surface area contributed by atoms with Crippen molar-refractivity contribution in [3.63, 3.8) is 0 Å². The minimum atomic E-state index is 0. The Balaban J connectivity index is 0.00000231. The summed E-state index contributed by atoms with van der Waals surface area (Å²) < 4.78 is 13.6. The summed E-state index contributed by atoms with van der Waals surface area (Å²) in [6, 6.07) is 28.2. The van der Waals surface area contributed by atoms with Gasteiger partial charge in [-0.2, -0.15) is 24.3 Å². The summed E-state index contributed by atoms with van der Waals surface area (Å²) in [5.41, 5.74) is 2.74. The van der Waals surface area contributed by atoms with Gasteiger partial charge in [0.05, 0.1) is 12.7 Å². The third-order valence-corrected chi connectivity index (χ3v) is 4.56. The second-order valence-corrected chi connectivity index (χ2v) is 6.76. The van der Waals surface area contributed by atoms with E-state index in [4.69, 9.17) is 4.74 Å². The molecule has 0 amide bonds. The first-order valence-electron chi connectivity index (χ1n) is 9.52.